The summed E-state index contributed by atoms with van der Waals surface area (Å²) >= 11 is 0. The molecule has 0 radical (unpaired) electrons. The number of rotatable bonds is 11. The fourth-order valence-corrected chi connectivity index (χ4v) is 5.66. The Kier molecular flexibility index (Phi) is 7.43. The van der Waals surface area contributed by atoms with Gasteiger partial charge in [-0.3, -0.25) is 0 Å². The predicted octanol–water partition coefficient (Wildman–Crippen LogP) is 5.94. The standard InChI is InChI=1S/C30H36O6/c1-7-20-9-8-10-22-23(20)27(34-14-16-36-29(32)19(4)5)24-21-11-12-30(6,17-21)25(24)26(22)33-13-15-35-28(31)18(2)3/h8-10,21H,2,4,7,11-17H2,1,3,5-6H3. The highest BCUT2D eigenvalue weighted by molar-refractivity contribution is 5.99. The third-order valence-corrected chi connectivity index (χ3v) is 7.32. The van der Waals surface area contributed by atoms with Crippen LogP contribution in [0.15, 0.2) is 42.5 Å². The maximum Gasteiger partial charge on any atom is 0.333 e. The molecule has 1 saturated carbocycles. The molecular formula is C30H36O6. The van der Waals surface area contributed by atoms with Gasteiger partial charge in [-0.2, -0.15) is 0 Å². The van der Waals surface area contributed by atoms with Crippen LogP contribution in [-0.4, -0.2) is 38.4 Å². The van der Waals surface area contributed by atoms with Crippen molar-refractivity contribution in [2.75, 3.05) is 26.4 Å². The minimum atomic E-state index is -0.413. The number of hydrogen-bond donors (Lipinski definition) is 0. The van der Waals surface area contributed by atoms with Crippen molar-refractivity contribution in [2.24, 2.45) is 0 Å². The minimum Gasteiger partial charge on any atom is -0.489 e. The molecular weight excluding hydrogens is 456 g/mol. The van der Waals surface area contributed by atoms with E-state index in [1.165, 1.54) is 16.7 Å². The predicted molar refractivity (Wildman–Crippen MR) is 140 cm³/mol. The van der Waals surface area contributed by atoms with Crippen LogP contribution in [0.1, 0.15) is 69.6 Å². The third kappa shape index (κ3) is 4.73. The zero-order valence-electron chi connectivity index (χ0n) is 21.8. The fraction of sp³-hybridized carbons (Fsp3) is 0.467. The molecule has 2 aromatic rings. The zero-order valence-corrected chi connectivity index (χ0v) is 21.8. The maximum atomic E-state index is 11.8. The van der Waals surface area contributed by atoms with Gasteiger partial charge in [-0.15, -0.1) is 0 Å². The molecule has 2 bridgehead atoms. The van der Waals surface area contributed by atoms with E-state index < -0.39 is 11.9 Å². The molecule has 0 aliphatic heterocycles. The lowest BCUT2D eigenvalue weighted by molar-refractivity contribution is -0.140. The number of carbonyl (C=O) groups excluding carboxylic acids is 2. The quantitative estimate of drug-likeness (QED) is 0.220. The Balaban J connectivity index is 1.72. The normalized spacial score (nSPS) is 19.6. The maximum absolute atomic E-state index is 11.8. The van der Waals surface area contributed by atoms with Crippen molar-refractivity contribution in [3.05, 3.63) is 59.2 Å². The van der Waals surface area contributed by atoms with Gasteiger partial charge in [0.1, 0.15) is 37.9 Å². The third-order valence-electron chi connectivity index (χ3n) is 7.32. The molecule has 0 amide bonds. The van der Waals surface area contributed by atoms with Crippen LogP contribution in [0, 0.1) is 0 Å². The topological polar surface area (TPSA) is 71.1 Å². The van der Waals surface area contributed by atoms with Crippen LogP contribution in [-0.2, 0) is 30.9 Å². The first-order chi connectivity index (χ1) is 17.2. The molecule has 2 aliphatic rings. The van der Waals surface area contributed by atoms with Crippen molar-refractivity contribution in [3.8, 4) is 11.5 Å². The molecule has 4 rings (SSSR count). The van der Waals surface area contributed by atoms with Gasteiger partial charge < -0.3 is 18.9 Å². The monoisotopic (exact) mass is 492 g/mol. The van der Waals surface area contributed by atoms with Crippen molar-refractivity contribution < 1.29 is 28.5 Å². The summed E-state index contributed by atoms with van der Waals surface area (Å²) in [6.45, 7) is 15.8. The average Bonchev–Trinajstić information content (AvgIpc) is 3.38. The molecule has 36 heavy (non-hydrogen) atoms. The Labute approximate surface area is 213 Å². The van der Waals surface area contributed by atoms with Gasteiger partial charge in [0, 0.05) is 33.0 Å². The van der Waals surface area contributed by atoms with Crippen LogP contribution in [0.5, 0.6) is 11.5 Å². The van der Waals surface area contributed by atoms with Gasteiger partial charge in [0.2, 0.25) is 0 Å². The first-order valence-corrected chi connectivity index (χ1v) is 12.7. The van der Waals surface area contributed by atoms with E-state index in [2.05, 4.69) is 45.2 Å². The molecule has 1 fully saturated rings. The van der Waals surface area contributed by atoms with E-state index in [-0.39, 0.29) is 31.8 Å². The second kappa shape index (κ2) is 10.4. The molecule has 0 spiro atoms. The Bertz CT molecular complexity index is 1230. The van der Waals surface area contributed by atoms with Crippen LogP contribution in [0.4, 0.5) is 0 Å². The molecule has 6 nitrogen and oxygen atoms in total. The molecule has 0 heterocycles. The van der Waals surface area contributed by atoms with Gasteiger partial charge >= 0.3 is 11.9 Å². The largest absolute Gasteiger partial charge is 0.489 e. The zero-order chi connectivity index (χ0) is 26.0. The smallest absolute Gasteiger partial charge is 0.333 e. The molecule has 0 aromatic heterocycles. The molecule has 2 aliphatic carbocycles. The lowest BCUT2D eigenvalue weighted by atomic mass is 9.78. The molecule has 2 atom stereocenters. The van der Waals surface area contributed by atoms with Crippen molar-refractivity contribution in [2.45, 2.75) is 64.7 Å². The second-order valence-electron chi connectivity index (χ2n) is 10.2. The number of carbonyl (C=O) groups is 2. The van der Waals surface area contributed by atoms with Gasteiger partial charge in [0.05, 0.1) is 0 Å². The summed E-state index contributed by atoms with van der Waals surface area (Å²) in [5, 5.41) is 2.05. The summed E-state index contributed by atoms with van der Waals surface area (Å²) in [6.07, 6.45) is 4.11. The van der Waals surface area contributed by atoms with E-state index in [4.69, 9.17) is 18.9 Å². The first kappa shape index (κ1) is 25.8. The summed E-state index contributed by atoms with van der Waals surface area (Å²) < 4.78 is 23.4. The second-order valence-corrected chi connectivity index (χ2v) is 10.2. The lowest BCUT2D eigenvalue weighted by Crippen LogP contribution is -2.21. The Morgan fingerprint density at radius 3 is 2.17 bits per heavy atom. The molecule has 2 aromatic carbocycles. The molecule has 192 valence electrons. The van der Waals surface area contributed by atoms with Gasteiger partial charge in [-0.1, -0.05) is 45.2 Å². The average molecular weight is 493 g/mol. The van der Waals surface area contributed by atoms with Crippen LogP contribution in [0.25, 0.3) is 10.8 Å². The van der Waals surface area contributed by atoms with Crippen molar-refractivity contribution >= 4 is 22.7 Å². The number of ether oxygens (including phenoxy) is 4. The summed E-state index contributed by atoms with van der Waals surface area (Å²) in [7, 11) is 0. The number of benzene rings is 2. The number of hydrogen-bond acceptors (Lipinski definition) is 6. The van der Waals surface area contributed by atoms with E-state index in [0.29, 0.717) is 17.1 Å². The highest BCUT2D eigenvalue weighted by atomic mass is 16.6. The Morgan fingerprint density at radius 1 is 0.972 bits per heavy atom. The van der Waals surface area contributed by atoms with E-state index in [9.17, 15) is 9.59 Å². The fourth-order valence-electron chi connectivity index (χ4n) is 5.66. The summed E-state index contributed by atoms with van der Waals surface area (Å²) in [5.74, 6) is 1.33. The van der Waals surface area contributed by atoms with Crippen LogP contribution < -0.4 is 9.47 Å². The summed E-state index contributed by atoms with van der Waals surface area (Å²) in [6, 6.07) is 6.25. The first-order valence-electron chi connectivity index (χ1n) is 12.7. The minimum absolute atomic E-state index is 0.00461. The Morgan fingerprint density at radius 2 is 1.58 bits per heavy atom. The van der Waals surface area contributed by atoms with E-state index >= 15 is 0 Å². The van der Waals surface area contributed by atoms with Gasteiger partial charge in [0.25, 0.3) is 0 Å². The highest BCUT2D eigenvalue weighted by Gasteiger charge is 2.50. The number of esters is 2. The Hall–Kier alpha value is -3.28. The summed E-state index contributed by atoms with van der Waals surface area (Å²) in [5.41, 5.74) is 4.35. The number of fused-ring (bicyclic) bond motifs is 6. The van der Waals surface area contributed by atoms with Crippen LogP contribution >= 0.6 is 0 Å². The van der Waals surface area contributed by atoms with Crippen molar-refractivity contribution in [1.82, 2.24) is 0 Å². The van der Waals surface area contributed by atoms with E-state index in [0.717, 1.165) is 48.0 Å². The molecule has 2 unspecified atom stereocenters. The van der Waals surface area contributed by atoms with Crippen molar-refractivity contribution in [1.29, 1.82) is 0 Å². The molecule has 0 saturated heterocycles. The van der Waals surface area contributed by atoms with E-state index in [1.807, 2.05) is 0 Å². The van der Waals surface area contributed by atoms with Gasteiger partial charge in [-0.05, 0) is 56.4 Å². The molecule has 6 heteroatoms. The van der Waals surface area contributed by atoms with Crippen molar-refractivity contribution in [3.63, 3.8) is 0 Å². The van der Waals surface area contributed by atoms with Crippen LogP contribution in [0.3, 0.4) is 0 Å². The molecule has 0 N–H and O–H groups in total. The summed E-state index contributed by atoms with van der Waals surface area (Å²) in [4.78, 5) is 23.6. The SMILES string of the molecule is C=C(C)C(=O)OCCOc1c2c(c(OCCOC(=O)C(=C)C)c3c(CC)cccc13)C1CCC2(C)C1. The van der Waals surface area contributed by atoms with Crippen LogP contribution in [0.2, 0.25) is 0 Å². The van der Waals surface area contributed by atoms with Gasteiger partial charge in [0.15, 0.2) is 0 Å². The number of aryl methyl sites for hydroxylation is 1. The van der Waals surface area contributed by atoms with E-state index in [1.54, 1.807) is 13.8 Å². The van der Waals surface area contributed by atoms with Gasteiger partial charge in [-0.25, -0.2) is 9.59 Å². The lowest BCUT2D eigenvalue weighted by Gasteiger charge is -2.30. The highest BCUT2D eigenvalue weighted by Crippen LogP contribution is 2.64.